The molecule has 6 heteroatoms. The molecule has 0 bridgehead atoms. The highest BCUT2D eigenvalue weighted by atomic mass is 16.3. The lowest BCUT2D eigenvalue weighted by Crippen LogP contribution is -2.25. The largest absolute Gasteiger partial charge is 0.467 e. The highest BCUT2D eigenvalue weighted by Crippen LogP contribution is 2.21. The topological polar surface area (TPSA) is 68.8 Å². The van der Waals surface area contributed by atoms with E-state index in [1.165, 1.54) is 0 Å². The molecule has 3 heterocycles. The molecule has 1 N–H and O–H groups in total. The predicted molar refractivity (Wildman–Crippen MR) is 77.4 cm³/mol. The van der Waals surface area contributed by atoms with Crippen molar-refractivity contribution in [1.82, 2.24) is 24.8 Å². The van der Waals surface area contributed by atoms with Crippen LogP contribution in [0.5, 0.6) is 0 Å². The van der Waals surface area contributed by atoms with Crippen molar-refractivity contribution in [3.63, 3.8) is 0 Å². The van der Waals surface area contributed by atoms with Gasteiger partial charge in [-0.05, 0) is 25.1 Å². The van der Waals surface area contributed by atoms with Gasteiger partial charge in [0.15, 0.2) is 0 Å². The van der Waals surface area contributed by atoms with Crippen molar-refractivity contribution in [2.45, 2.75) is 19.5 Å². The first-order valence-corrected chi connectivity index (χ1v) is 6.76. The van der Waals surface area contributed by atoms with Gasteiger partial charge in [-0.2, -0.15) is 0 Å². The third-order valence-electron chi connectivity index (χ3n) is 3.27. The van der Waals surface area contributed by atoms with Gasteiger partial charge in [0.2, 0.25) is 0 Å². The molecular formula is C15H17N5O. The van der Waals surface area contributed by atoms with Crippen molar-refractivity contribution in [2.75, 3.05) is 0 Å². The van der Waals surface area contributed by atoms with E-state index >= 15 is 0 Å². The molecule has 0 amide bonds. The van der Waals surface area contributed by atoms with Gasteiger partial charge in [0.05, 0.1) is 12.0 Å². The summed E-state index contributed by atoms with van der Waals surface area (Å²) in [7, 11) is 1.97. The van der Waals surface area contributed by atoms with Gasteiger partial charge in [-0.15, -0.1) is 0 Å². The Hall–Kier alpha value is -2.47. The number of nitrogens with zero attached hydrogens (tertiary/aromatic N) is 4. The second kappa shape index (κ2) is 5.88. The van der Waals surface area contributed by atoms with Crippen LogP contribution in [0, 0.1) is 6.92 Å². The Morgan fingerprint density at radius 1 is 1.29 bits per heavy atom. The van der Waals surface area contributed by atoms with Crippen LogP contribution in [0.3, 0.4) is 0 Å². The molecule has 0 spiro atoms. The molecule has 6 nitrogen and oxygen atoms in total. The molecule has 1 unspecified atom stereocenters. The number of rotatable bonds is 5. The maximum atomic E-state index is 5.54. The SMILES string of the molecule is Cc1nccc(CNC(c2ccco2)c2nccn2C)n1. The summed E-state index contributed by atoms with van der Waals surface area (Å²) >= 11 is 0. The van der Waals surface area contributed by atoms with Crippen molar-refractivity contribution < 1.29 is 4.42 Å². The number of aromatic nitrogens is 4. The molecule has 0 saturated heterocycles. The Bertz CT molecular complexity index is 704. The van der Waals surface area contributed by atoms with E-state index in [1.54, 1.807) is 18.7 Å². The van der Waals surface area contributed by atoms with Crippen molar-refractivity contribution in [3.05, 3.63) is 66.2 Å². The van der Waals surface area contributed by atoms with Crippen LogP contribution in [-0.4, -0.2) is 19.5 Å². The zero-order chi connectivity index (χ0) is 14.7. The van der Waals surface area contributed by atoms with E-state index in [0.717, 1.165) is 23.1 Å². The lowest BCUT2D eigenvalue weighted by molar-refractivity contribution is 0.427. The number of aryl methyl sites for hydroxylation is 2. The van der Waals surface area contributed by atoms with Gasteiger partial charge in [0.1, 0.15) is 23.5 Å². The molecule has 0 fully saturated rings. The number of nitrogens with one attached hydrogen (secondary N) is 1. The summed E-state index contributed by atoms with van der Waals surface area (Å²) in [6.45, 7) is 2.49. The minimum atomic E-state index is -0.115. The molecule has 0 aliphatic rings. The molecule has 0 radical (unpaired) electrons. The highest BCUT2D eigenvalue weighted by Gasteiger charge is 2.20. The summed E-state index contributed by atoms with van der Waals surface area (Å²) in [4.78, 5) is 12.9. The molecule has 3 rings (SSSR count). The van der Waals surface area contributed by atoms with Gasteiger partial charge in [-0.1, -0.05) is 0 Å². The Morgan fingerprint density at radius 2 is 2.19 bits per heavy atom. The van der Waals surface area contributed by atoms with E-state index in [4.69, 9.17) is 4.42 Å². The van der Waals surface area contributed by atoms with Crippen LogP contribution in [0.4, 0.5) is 0 Å². The van der Waals surface area contributed by atoms with Crippen LogP contribution >= 0.6 is 0 Å². The van der Waals surface area contributed by atoms with Crippen LogP contribution in [0.25, 0.3) is 0 Å². The Labute approximate surface area is 122 Å². The quantitative estimate of drug-likeness (QED) is 0.775. The maximum absolute atomic E-state index is 5.54. The molecule has 21 heavy (non-hydrogen) atoms. The summed E-state index contributed by atoms with van der Waals surface area (Å²) in [5.74, 6) is 2.49. The minimum Gasteiger partial charge on any atom is -0.467 e. The van der Waals surface area contributed by atoms with Gasteiger partial charge in [0.25, 0.3) is 0 Å². The van der Waals surface area contributed by atoms with E-state index < -0.39 is 0 Å². The summed E-state index contributed by atoms with van der Waals surface area (Å²) in [6.07, 6.45) is 7.13. The molecular weight excluding hydrogens is 266 g/mol. The maximum Gasteiger partial charge on any atom is 0.133 e. The lowest BCUT2D eigenvalue weighted by atomic mass is 10.2. The number of furan rings is 1. The van der Waals surface area contributed by atoms with E-state index in [0.29, 0.717) is 6.54 Å². The van der Waals surface area contributed by atoms with Crippen LogP contribution in [0.15, 0.2) is 47.5 Å². The number of hydrogen-bond acceptors (Lipinski definition) is 5. The second-order valence-electron chi connectivity index (χ2n) is 4.82. The first kappa shape index (κ1) is 13.5. The van der Waals surface area contributed by atoms with Crippen LogP contribution in [0.1, 0.15) is 29.1 Å². The molecule has 0 saturated carbocycles. The third-order valence-corrected chi connectivity index (χ3v) is 3.27. The van der Waals surface area contributed by atoms with Crippen LogP contribution < -0.4 is 5.32 Å². The second-order valence-corrected chi connectivity index (χ2v) is 4.82. The monoisotopic (exact) mass is 283 g/mol. The van der Waals surface area contributed by atoms with E-state index in [2.05, 4.69) is 20.3 Å². The van der Waals surface area contributed by atoms with Gasteiger partial charge in [-0.3, -0.25) is 5.32 Å². The molecule has 0 aromatic carbocycles. The third kappa shape index (κ3) is 3.00. The minimum absolute atomic E-state index is 0.115. The molecule has 108 valence electrons. The first-order chi connectivity index (χ1) is 10.2. The normalized spacial score (nSPS) is 12.5. The summed E-state index contributed by atoms with van der Waals surface area (Å²) in [6, 6.07) is 5.60. The average Bonchev–Trinajstić information content (AvgIpc) is 3.12. The highest BCUT2D eigenvalue weighted by molar-refractivity contribution is 5.16. The van der Waals surface area contributed by atoms with Crippen molar-refractivity contribution in [3.8, 4) is 0 Å². The number of imidazole rings is 1. The summed E-state index contributed by atoms with van der Waals surface area (Å²) in [5, 5.41) is 3.44. The molecule has 3 aromatic rings. The van der Waals surface area contributed by atoms with Gasteiger partial charge >= 0.3 is 0 Å². The van der Waals surface area contributed by atoms with E-state index in [9.17, 15) is 0 Å². The fourth-order valence-electron chi connectivity index (χ4n) is 2.24. The summed E-state index contributed by atoms with van der Waals surface area (Å²) < 4.78 is 7.52. The zero-order valence-corrected chi connectivity index (χ0v) is 12.0. The average molecular weight is 283 g/mol. The zero-order valence-electron chi connectivity index (χ0n) is 12.0. The molecule has 3 aromatic heterocycles. The first-order valence-electron chi connectivity index (χ1n) is 6.76. The van der Waals surface area contributed by atoms with E-state index in [1.807, 2.05) is 42.9 Å². The Morgan fingerprint density at radius 3 is 2.86 bits per heavy atom. The fraction of sp³-hybridized carbons (Fsp3) is 0.267. The van der Waals surface area contributed by atoms with Crippen LogP contribution in [0.2, 0.25) is 0 Å². The lowest BCUT2D eigenvalue weighted by Gasteiger charge is -2.16. The van der Waals surface area contributed by atoms with Gasteiger partial charge < -0.3 is 8.98 Å². The Balaban J connectivity index is 1.82. The van der Waals surface area contributed by atoms with Gasteiger partial charge in [-0.25, -0.2) is 15.0 Å². The van der Waals surface area contributed by atoms with E-state index in [-0.39, 0.29) is 6.04 Å². The Kier molecular flexibility index (Phi) is 3.79. The van der Waals surface area contributed by atoms with Gasteiger partial charge in [0, 0.05) is 32.2 Å². The summed E-state index contributed by atoms with van der Waals surface area (Å²) in [5.41, 5.74) is 0.938. The van der Waals surface area contributed by atoms with Crippen molar-refractivity contribution in [2.24, 2.45) is 7.05 Å². The fourth-order valence-corrected chi connectivity index (χ4v) is 2.24. The van der Waals surface area contributed by atoms with Crippen molar-refractivity contribution in [1.29, 1.82) is 0 Å². The molecule has 1 atom stereocenters. The molecule has 0 aliphatic carbocycles. The number of hydrogen-bond donors (Lipinski definition) is 1. The molecule has 0 aliphatic heterocycles. The smallest absolute Gasteiger partial charge is 0.133 e. The van der Waals surface area contributed by atoms with Crippen molar-refractivity contribution >= 4 is 0 Å². The van der Waals surface area contributed by atoms with Crippen LogP contribution in [-0.2, 0) is 13.6 Å². The predicted octanol–water partition coefficient (Wildman–Crippen LogP) is 1.99. The standard InChI is InChI=1S/C15H17N5O/c1-11-16-6-5-12(19-11)10-18-14(13-4-3-9-21-13)15-17-7-8-20(15)2/h3-9,14,18H,10H2,1-2H3.